The van der Waals surface area contributed by atoms with Gasteiger partial charge in [-0.1, -0.05) is 24.3 Å². The number of fused-ring (bicyclic) bond motifs is 1. The number of nitrogens with two attached hydrogens (primary N) is 1. The van der Waals surface area contributed by atoms with Gasteiger partial charge in [0.05, 0.1) is 12.1 Å². The van der Waals surface area contributed by atoms with E-state index in [1.165, 1.54) is 9.80 Å². The number of rotatable bonds is 5. The minimum atomic E-state index is -1.19. The molecule has 138 valence electrons. The molecule has 2 amide bonds. The molecule has 0 bridgehead atoms. The Kier molecular flexibility index (Phi) is 5.22. The molecular formula is C17H25N3O5. The van der Waals surface area contributed by atoms with Crippen molar-refractivity contribution in [1.82, 2.24) is 9.80 Å². The Morgan fingerprint density at radius 3 is 2.36 bits per heavy atom. The van der Waals surface area contributed by atoms with Gasteiger partial charge in [-0.2, -0.15) is 0 Å². The lowest BCUT2D eigenvalue weighted by Gasteiger charge is -2.30. The monoisotopic (exact) mass is 351 g/mol. The molecule has 2 aliphatic rings. The summed E-state index contributed by atoms with van der Waals surface area (Å²) in [5, 5.41) is 9.03. The molecule has 8 heteroatoms. The topological polar surface area (TPSA) is 113 Å². The van der Waals surface area contributed by atoms with E-state index in [0.29, 0.717) is 0 Å². The van der Waals surface area contributed by atoms with Gasteiger partial charge in [0.1, 0.15) is 17.7 Å². The lowest BCUT2D eigenvalue weighted by Crippen LogP contribution is -2.49. The summed E-state index contributed by atoms with van der Waals surface area (Å²) in [6, 6.07) is -3.17. The molecule has 3 unspecified atom stereocenters. The average molecular weight is 351 g/mol. The van der Waals surface area contributed by atoms with Crippen LogP contribution in [0.2, 0.25) is 0 Å². The summed E-state index contributed by atoms with van der Waals surface area (Å²) in [5.41, 5.74) is 4.93. The summed E-state index contributed by atoms with van der Waals surface area (Å²) in [6.45, 7) is 6.75. The zero-order chi connectivity index (χ0) is 18.9. The lowest BCUT2D eigenvalue weighted by atomic mass is 10.0. The van der Waals surface area contributed by atoms with Gasteiger partial charge in [0.25, 0.3) is 0 Å². The number of esters is 1. The minimum absolute atomic E-state index is 0.134. The largest absolute Gasteiger partial charge is 0.480 e. The van der Waals surface area contributed by atoms with Crippen LogP contribution in [0.15, 0.2) is 24.3 Å². The van der Waals surface area contributed by atoms with Crippen LogP contribution in [0, 0.1) is 0 Å². The van der Waals surface area contributed by atoms with Crippen molar-refractivity contribution in [2.45, 2.75) is 57.5 Å². The maximum atomic E-state index is 12.9. The number of carboxylic acid groups (broad SMARTS) is 1. The molecule has 0 spiro atoms. The van der Waals surface area contributed by atoms with E-state index in [4.69, 9.17) is 15.6 Å². The minimum Gasteiger partial charge on any atom is -0.480 e. The number of carbonyl (C=O) groups is 3. The van der Waals surface area contributed by atoms with Gasteiger partial charge in [-0.3, -0.25) is 4.79 Å². The van der Waals surface area contributed by atoms with Crippen molar-refractivity contribution in [3.8, 4) is 0 Å². The van der Waals surface area contributed by atoms with E-state index in [1.54, 1.807) is 45.9 Å². The second-order valence-electron chi connectivity index (χ2n) is 7.25. The zero-order valence-corrected chi connectivity index (χ0v) is 14.9. The van der Waals surface area contributed by atoms with E-state index in [9.17, 15) is 14.4 Å². The third-order valence-corrected chi connectivity index (χ3v) is 4.10. The number of allylic oxidation sites excluding steroid dienone is 2. The Morgan fingerprint density at radius 1 is 1.28 bits per heavy atom. The average Bonchev–Trinajstić information content (AvgIpc) is 2.77. The molecule has 25 heavy (non-hydrogen) atoms. The van der Waals surface area contributed by atoms with E-state index in [-0.39, 0.29) is 18.6 Å². The molecule has 2 rings (SSSR count). The molecule has 1 heterocycles. The van der Waals surface area contributed by atoms with Gasteiger partial charge in [-0.15, -0.1) is 0 Å². The Labute approximate surface area is 146 Å². The summed E-state index contributed by atoms with van der Waals surface area (Å²) >= 11 is 0. The second-order valence-corrected chi connectivity index (χ2v) is 7.25. The number of carboxylic acids is 1. The van der Waals surface area contributed by atoms with Crippen LogP contribution in [0.25, 0.3) is 0 Å². The molecule has 8 nitrogen and oxygen atoms in total. The quantitative estimate of drug-likeness (QED) is 0.706. The summed E-state index contributed by atoms with van der Waals surface area (Å²) in [4.78, 5) is 39.1. The molecular weight excluding hydrogens is 326 g/mol. The van der Waals surface area contributed by atoms with Crippen molar-refractivity contribution < 1.29 is 24.2 Å². The lowest BCUT2D eigenvalue weighted by molar-refractivity contribution is -0.159. The number of amides is 2. The van der Waals surface area contributed by atoms with Crippen molar-refractivity contribution in [3.05, 3.63) is 24.3 Å². The van der Waals surface area contributed by atoms with Crippen molar-refractivity contribution in [2.24, 2.45) is 5.73 Å². The normalized spacial score (nSPS) is 24.9. The smallest absolute Gasteiger partial charge is 0.329 e. The third-order valence-electron chi connectivity index (χ3n) is 4.10. The Morgan fingerprint density at radius 2 is 1.84 bits per heavy atom. The third kappa shape index (κ3) is 4.01. The molecule has 4 atom stereocenters. The van der Waals surface area contributed by atoms with E-state index in [0.717, 1.165) is 0 Å². The number of ether oxygens (including phenoxy) is 1. The van der Waals surface area contributed by atoms with Crippen LogP contribution in [0.1, 0.15) is 27.7 Å². The second kappa shape index (κ2) is 6.87. The number of urea groups is 1. The van der Waals surface area contributed by atoms with Gasteiger partial charge in [-0.25, -0.2) is 9.59 Å². The summed E-state index contributed by atoms with van der Waals surface area (Å²) in [7, 11) is 0. The highest BCUT2D eigenvalue weighted by Gasteiger charge is 2.48. The highest BCUT2D eigenvalue weighted by Crippen LogP contribution is 2.30. The highest BCUT2D eigenvalue weighted by molar-refractivity contribution is 5.87. The van der Waals surface area contributed by atoms with E-state index in [1.807, 2.05) is 6.08 Å². The van der Waals surface area contributed by atoms with Gasteiger partial charge in [0.2, 0.25) is 0 Å². The maximum absolute atomic E-state index is 12.9. The standard InChI is InChI=1S/C17H25N3O5/c1-10(15(23)25-17(2,3)4)20-13-8-6-5-7-12(13)19(16(20)24)9-11(18)14(21)22/h5-8,10-13H,9,18H2,1-4H3,(H,21,22)/t10-,11?,12?,13?/m1/s1. The van der Waals surface area contributed by atoms with Crippen LogP contribution in [-0.4, -0.2) is 69.2 Å². The molecule has 0 aromatic heterocycles. The fourth-order valence-corrected chi connectivity index (χ4v) is 2.95. The first kappa shape index (κ1) is 19.0. The predicted molar refractivity (Wildman–Crippen MR) is 90.7 cm³/mol. The van der Waals surface area contributed by atoms with Crippen molar-refractivity contribution >= 4 is 18.0 Å². The van der Waals surface area contributed by atoms with E-state index >= 15 is 0 Å². The Bertz CT molecular complexity index is 622. The molecule has 0 aromatic rings. The fourth-order valence-electron chi connectivity index (χ4n) is 2.95. The van der Waals surface area contributed by atoms with E-state index in [2.05, 4.69) is 0 Å². The Hall–Kier alpha value is -2.35. The molecule has 0 radical (unpaired) electrons. The van der Waals surface area contributed by atoms with Crippen LogP contribution in [0.5, 0.6) is 0 Å². The van der Waals surface area contributed by atoms with Crippen LogP contribution in [0.3, 0.4) is 0 Å². The maximum Gasteiger partial charge on any atom is 0.329 e. The van der Waals surface area contributed by atoms with Crippen molar-refractivity contribution in [3.63, 3.8) is 0 Å². The first-order valence-corrected chi connectivity index (χ1v) is 8.18. The van der Waals surface area contributed by atoms with Crippen LogP contribution >= 0.6 is 0 Å². The van der Waals surface area contributed by atoms with Crippen molar-refractivity contribution in [1.29, 1.82) is 0 Å². The predicted octanol–water partition coefficient (Wildman–Crippen LogP) is 0.729. The first-order chi connectivity index (χ1) is 11.5. The molecule has 3 N–H and O–H groups in total. The van der Waals surface area contributed by atoms with Crippen LogP contribution in [0.4, 0.5) is 4.79 Å². The Balaban J connectivity index is 2.24. The number of nitrogens with zero attached hydrogens (tertiary/aromatic N) is 2. The number of carbonyl (C=O) groups excluding carboxylic acids is 2. The van der Waals surface area contributed by atoms with Crippen molar-refractivity contribution in [2.75, 3.05) is 6.54 Å². The van der Waals surface area contributed by atoms with Gasteiger partial charge in [-0.05, 0) is 27.7 Å². The first-order valence-electron chi connectivity index (χ1n) is 8.18. The summed E-state index contributed by atoms with van der Waals surface area (Å²) < 4.78 is 5.38. The highest BCUT2D eigenvalue weighted by atomic mass is 16.6. The fraction of sp³-hybridized carbons (Fsp3) is 0.588. The zero-order valence-electron chi connectivity index (χ0n) is 14.9. The molecule has 1 aliphatic heterocycles. The molecule has 0 saturated carbocycles. The van der Waals surface area contributed by atoms with Gasteiger partial charge < -0.3 is 25.4 Å². The van der Waals surface area contributed by atoms with Crippen LogP contribution < -0.4 is 5.73 Å². The summed E-state index contributed by atoms with van der Waals surface area (Å²) in [6.07, 6.45) is 7.20. The molecule has 1 saturated heterocycles. The number of hydrogen-bond acceptors (Lipinski definition) is 5. The molecule has 1 aliphatic carbocycles. The summed E-state index contributed by atoms with van der Waals surface area (Å²) in [5.74, 6) is -1.69. The number of hydrogen-bond donors (Lipinski definition) is 2. The van der Waals surface area contributed by atoms with Crippen LogP contribution in [-0.2, 0) is 14.3 Å². The van der Waals surface area contributed by atoms with Gasteiger partial charge in [0.15, 0.2) is 0 Å². The van der Waals surface area contributed by atoms with E-state index < -0.39 is 35.7 Å². The van der Waals surface area contributed by atoms with Gasteiger partial charge >= 0.3 is 18.0 Å². The SMILES string of the molecule is C[C@H](C(=O)OC(C)(C)C)N1C(=O)N(CC(N)C(=O)O)C2C=CC=CC21. The molecule has 1 fully saturated rings. The molecule has 0 aromatic carbocycles. The van der Waals surface area contributed by atoms with Gasteiger partial charge in [0, 0.05) is 6.54 Å². The number of aliphatic carboxylic acids is 1.